The normalized spacial score (nSPS) is 11.8. The Morgan fingerprint density at radius 3 is 2.61 bits per heavy atom. The monoisotopic (exact) mass is 319 g/mol. The van der Waals surface area contributed by atoms with E-state index in [9.17, 15) is 13.2 Å². The number of nitrogens with zero attached hydrogens (tertiary/aromatic N) is 2. The van der Waals surface area contributed by atoms with Crippen LogP contribution in [0.5, 0.6) is 0 Å². The van der Waals surface area contributed by atoms with Crippen molar-refractivity contribution in [2.24, 2.45) is 0 Å². The SMILES string of the molecule is CCc1nc(-c2ccc(Br)c(C(F)(F)F)c2)n[nH]1. The van der Waals surface area contributed by atoms with Crippen molar-refractivity contribution in [3.05, 3.63) is 34.1 Å². The van der Waals surface area contributed by atoms with Gasteiger partial charge < -0.3 is 0 Å². The zero-order valence-corrected chi connectivity index (χ0v) is 10.9. The Morgan fingerprint density at radius 2 is 2.06 bits per heavy atom. The Balaban J connectivity index is 2.47. The van der Waals surface area contributed by atoms with E-state index in [1.807, 2.05) is 6.92 Å². The molecule has 0 radical (unpaired) electrons. The summed E-state index contributed by atoms with van der Waals surface area (Å²) in [5.41, 5.74) is -0.399. The smallest absolute Gasteiger partial charge is 0.263 e. The lowest BCUT2D eigenvalue weighted by molar-refractivity contribution is -0.138. The average molecular weight is 320 g/mol. The highest BCUT2D eigenvalue weighted by atomic mass is 79.9. The number of halogens is 4. The standard InChI is InChI=1S/C11H9BrF3N3/c1-2-9-16-10(18-17-9)6-3-4-8(12)7(5-6)11(13,14)15/h3-5H,2H2,1H3,(H,16,17,18). The molecule has 7 heteroatoms. The summed E-state index contributed by atoms with van der Waals surface area (Å²) in [5, 5.41) is 6.56. The first-order valence-electron chi connectivity index (χ1n) is 5.20. The predicted octanol–water partition coefficient (Wildman–Crippen LogP) is 3.82. The fourth-order valence-corrected chi connectivity index (χ4v) is 1.94. The van der Waals surface area contributed by atoms with E-state index >= 15 is 0 Å². The molecule has 0 saturated carbocycles. The topological polar surface area (TPSA) is 41.6 Å². The molecule has 1 aromatic heterocycles. The summed E-state index contributed by atoms with van der Waals surface area (Å²) in [6, 6.07) is 3.93. The molecule has 0 unspecified atom stereocenters. The zero-order chi connectivity index (χ0) is 13.3. The van der Waals surface area contributed by atoms with Crippen LogP contribution in [-0.4, -0.2) is 15.2 Å². The lowest BCUT2D eigenvalue weighted by Gasteiger charge is -2.09. The second-order valence-electron chi connectivity index (χ2n) is 3.65. The largest absolute Gasteiger partial charge is 0.417 e. The van der Waals surface area contributed by atoms with E-state index < -0.39 is 11.7 Å². The number of benzene rings is 1. The molecule has 0 aliphatic carbocycles. The first-order valence-corrected chi connectivity index (χ1v) is 5.99. The van der Waals surface area contributed by atoms with E-state index in [4.69, 9.17) is 0 Å². The number of aryl methyl sites for hydroxylation is 1. The van der Waals surface area contributed by atoms with Crippen LogP contribution in [0.2, 0.25) is 0 Å². The van der Waals surface area contributed by atoms with E-state index in [1.54, 1.807) is 6.07 Å². The summed E-state index contributed by atoms with van der Waals surface area (Å²) in [4.78, 5) is 4.10. The molecule has 0 saturated heterocycles. The molecule has 2 rings (SSSR count). The van der Waals surface area contributed by atoms with Gasteiger partial charge in [-0.3, -0.25) is 5.10 Å². The van der Waals surface area contributed by atoms with Gasteiger partial charge in [-0.15, -0.1) is 0 Å². The van der Waals surface area contributed by atoms with Crippen molar-refractivity contribution in [3.8, 4) is 11.4 Å². The lowest BCUT2D eigenvalue weighted by Crippen LogP contribution is -2.06. The number of H-pyrrole nitrogens is 1. The minimum Gasteiger partial charge on any atom is -0.263 e. The van der Waals surface area contributed by atoms with Crippen molar-refractivity contribution in [2.75, 3.05) is 0 Å². The first-order chi connectivity index (χ1) is 8.41. The molecule has 3 nitrogen and oxygen atoms in total. The van der Waals surface area contributed by atoms with Gasteiger partial charge in [-0.2, -0.15) is 18.3 Å². The zero-order valence-electron chi connectivity index (χ0n) is 9.35. The second kappa shape index (κ2) is 4.72. The number of aromatic nitrogens is 3. The first kappa shape index (κ1) is 13.1. The fraction of sp³-hybridized carbons (Fsp3) is 0.273. The van der Waals surface area contributed by atoms with Gasteiger partial charge in [0.2, 0.25) is 0 Å². The van der Waals surface area contributed by atoms with Crippen molar-refractivity contribution >= 4 is 15.9 Å². The molecule has 18 heavy (non-hydrogen) atoms. The molecule has 0 fully saturated rings. The summed E-state index contributed by atoms with van der Waals surface area (Å²) < 4.78 is 38.2. The Hall–Kier alpha value is -1.37. The Kier molecular flexibility index (Phi) is 3.43. The van der Waals surface area contributed by atoms with Crippen LogP contribution in [0.4, 0.5) is 13.2 Å². The molecule has 0 spiro atoms. The molecule has 0 aliphatic heterocycles. The van der Waals surface area contributed by atoms with Crippen LogP contribution in [0.3, 0.4) is 0 Å². The minimum absolute atomic E-state index is 0.00463. The van der Waals surface area contributed by atoms with Gasteiger partial charge in [0.1, 0.15) is 5.82 Å². The molecule has 0 aliphatic rings. The Labute approximate surface area is 110 Å². The van der Waals surface area contributed by atoms with Crippen molar-refractivity contribution in [2.45, 2.75) is 19.5 Å². The van der Waals surface area contributed by atoms with E-state index in [0.29, 0.717) is 17.8 Å². The molecule has 1 N–H and O–H groups in total. The van der Waals surface area contributed by atoms with Crippen LogP contribution in [0, 0.1) is 0 Å². The highest BCUT2D eigenvalue weighted by Crippen LogP contribution is 2.36. The van der Waals surface area contributed by atoms with E-state index in [2.05, 4.69) is 31.1 Å². The Morgan fingerprint density at radius 1 is 1.33 bits per heavy atom. The van der Waals surface area contributed by atoms with Crippen molar-refractivity contribution in [1.29, 1.82) is 0 Å². The molecule has 1 heterocycles. The number of rotatable bonds is 2. The summed E-state index contributed by atoms with van der Waals surface area (Å²) in [6.45, 7) is 1.88. The fourth-order valence-electron chi connectivity index (χ4n) is 1.46. The van der Waals surface area contributed by atoms with Gasteiger partial charge in [-0.05, 0) is 18.2 Å². The molecule has 1 aromatic carbocycles. The average Bonchev–Trinajstić information content (AvgIpc) is 2.76. The maximum Gasteiger partial charge on any atom is 0.417 e. The highest BCUT2D eigenvalue weighted by Gasteiger charge is 2.33. The van der Waals surface area contributed by atoms with Gasteiger partial charge in [0.05, 0.1) is 5.56 Å². The van der Waals surface area contributed by atoms with Crippen LogP contribution in [-0.2, 0) is 12.6 Å². The van der Waals surface area contributed by atoms with Crippen LogP contribution in [0.15, 0.2) is 22.7 Å². The van der Waals surface area contributed by atoms with Gasteiger partial charge in [0, 0.05) is 16.5 Å². The molecule has 2 aromatic rings. The van der Waals surface area contributed by atoms with Crippen LogP contribution in [0.25, 0.3) is 11.4 Å². The van der Waals surface area contributed by atoms with Crippen molar-refractivity contribution in [1.82, 2.24) is 15.2 Å². The van der Waals surface area contributed by atoms with E-state index in [1.165, 1.54) is 6.07 Å². The van der Waals surface area contributed by atoms with Gasteiger partial charge in [-0.25, -0.2) is 4.98 Å². The third-order valence-electron chi connectivity index (χ3n) is 2.40. The maximum atomic E-state index is 12.7. The van der Waals surface area contributed by atoms with Crippen molar-refractivity contribution in [3.63, 3.8) is 0 Å². The summed E-state index contributed by atoms with van der Waals surface area (Å²) in [7, 11) is 0. The number of aromatic amines is 1. The van der Waals surface area contributed by atoms with Gasteiger partial charge in [0.25, 0.3) is 0 Å². The maximum absolute atomic E-state index is 12.7. The van der Waals surface area contributed by atoms with Crippen LogP contribution in [0.1, 0.15) is 18.3 Å². The van der Waals surface area contributed by atoms with Gasteiger partial charge in [-0.1, -0.05) is 22.9 Å². The predicted molar refractivity (Wildman–Crippen MR) is 63.9 cm³/mol. The minimum atomic E-state index is -4.40. The number of hydrogen-bond donors (Lipinski definition) is 1. The van der Waals surface area contributed by atoms with Gasteiger partial charge in [0.15, 0.2) is 5.82 Å². The Bertz CT molecular complexity index is 563. The number of hydrogen-bond acceptors (Lipinski definition) is 2. The summed E-state index contributed by atoms with van der Waals surface area (Å²) in [6.07, 6.45) is -3.76. The molecular formula is C11H9BrF3N3. The quantitative estimate of drug-likeness (QED) is 0.914. The van der Waals surface area contributed by atoms with E-state index in [0.717, 1.165) is 6.07 Å². The second-order valence-corrected chi connectivity index (χ2v) is 4.51. The van der Waals surface area contributed by atoms with E-state index in [-0.39, 0.29) is 10.3 Å². The molecule has 0 bridgehead atoms. The number of nitrogens with one attached hydrogen (secondary N) is 1. The third kappa shape index (κ3) is 2.55. The van der Waals surface area contributed by atoms with Crippen LogP contribution < -0.4 is 0 Å². The number of alkyl halides is 3. The summed E-state index contributed by atoms with van der Waals surface area (Å²) in [5.74, 6) is 0.909. The molecule has 96 valence electrons. The lowest BCUT2D eigenvalue weighted by atomic mass is 10.1. The molecular weight excluding hydrogens is 311 g/mol. The van der Waals surface area contributed by atoms with Gasteiger partial charge >= 0.3 is 6.18 Å². The third-order valence-corrected chi connectivity index (χ3v) is 3.09. The van der Waals surface area contributed by atoms with Crippen molar-refractivity contribution < 1.29 is 13.2 Å². The molecule has 0 atom stereocenters. The summed E-state index contributed by atoms with van der Waals surface area (Å²) >= 11 is 2.89. The van der Waals surface area contributed by atoms with Crippen LogP contribution >= 0.6 is 15.9 Å². The molecule has 0 amide bonds. The highest BCUT2D eigenvalue weighted by molar-refractivity contribution is 9.10.